The highest BCUT2D eigenvalue weighted by Gasteiger charge is 2.43. The van der Waals surface area contributed by atoms with Crippen molar-refractivity contribution in [3.63, 3.8) is 0 Å². The Hall–Kier alpha value is -2.25. The largest absolute Gasteiger partial charge is 0.391 e. The Balaban J connectivity index is 1.92. The van der Waals surface area contributed by atoms with Crippen molar-refractivity contribution in [1.29, 1.82) is 0 Å². The number of hydrogen-bond acceptors (Lipinski definition) is 4. The van der Waals surface area contributed by atoms with Gasteiger partial charge in [0.25, 0.3) is 0 Å². The molecule has 2 aromatic rings. The number of amides is 1. The number of halogens is 1. The Morgan fingerprint density at radius 1 is 1.38 bits per heavy atom. The number of nitrogens with zero attached hydrogens (tertiary/aromatic N) is 1. The number of carbonyl (C=O) groups is 2. The molecular formula is C19H24FN3O3. The van der Waals surface area contributed by atoms with Gasteiger partial charge in [0.2, 0.25) is 5.91 Å². The van der Waals surface area contributed by atoms with Gasteiger partial charge in [0, 0.05) is 35.6 Å². The van der Waals surface area contributed by atoms with E-state index in [9.17, 15) is 19.1 Å². The van der Waals surface area contributed by atoms with Gasteiger partial charge in [-0.1, -0.05) is 20.8 Å². The molecule has 3 rings (SSSR count). The van der Waals surface area contributed by atoms with E-state index in [2.05, 4.69) is 4.98 Å². The van der Waals surface area contributed by atoms with Crippen LogP contribution in [-0.2, 0) is 4.79 Å². The number of aliphatic hydroxyl groups is 1. The number of aliphatic hydroxyl groups excluding tert-OH is 1. The lowest BCUT2D eigenvalue weighted by molar-refractivity contribution is -0.135. The molecule has 1 aliphatic rings. The van der Waals surface area contributed by atoms with E-state index in [4.69, 9.17) is 5.73 Å². The van der Waals surface area contributed by atoms with Crippen LogP contribution >= 0.6 is 0 Å². The van der Waals surface area contributed by atoms with Crippen molar-refractivity contribution in [3.05, 3.63) is 35.8 Å². The van der Waals surface area contributed by atoms with Gasteiger partial charge >= 0.3 is 0 Å². The topological polar surface area (TPSA) is 99.4 Å². The monoisotopic (exact) mass is 361 g/mol. The van der Waals surface area contributed by atoms with E-state index in [-0.39, 0.29) is 24.7 Å². The maximum Gasteiger partial charge on any atom is 0.240 e. The normalized spacial score (nSPS) is 22.0. The summed E-state index contributed by atoms with van der Waals surface area (Å²) in [4.78, 5) is 30.2. The summed E-state index contributed by atoms with van der Waals surface area (Å²) in [5.41, 5.74) is 6.50. The maximum atomic E-state index is 13.4. The molecule has 2 heterocycles. The number of likely N-dealkylation sites (tertiary alicyclic amines) is 1. The molecule has 6 nitrogen and oxygen atoms in total. The van der Waals surface area contributed by atoms with Crippen LogP contribution in [-0.4, -0.2) is 51.4 Å². The number of carbonyl (C=O) groups excluding carboxylic acids is 2. The third-order valence-corrected chi connectivity index (χ3v) is 4.97. The summed E-state index contributed by atoms with van der Waals surface area (Å²) < 4.78 is 13.4. The number of ketones is 1. The minimum Gasteiger partial charge on any atom is -0.391 e. The first-order valence-corrected chi connectivity index (χ1v) is 8.64. The Bertz CT molecular complexity index is 855. The second-order valence-electron chi connectivity index (χ2n) is 8.00. The van der Waals surface area contributed by atoms with Gasteiger partial charge < -0.3 is 20.7 Å². The van der Waals surface area contributed by atoms with Crippen LogP contribution in [0.5, 0.6) is 0 Å². The molecule has 140 valence electrons. The minimum atomic E-state index is -0.782. The number of nitrogens with one attached hydrogen (secondary N) is 1. The van der Waals surface area contributed by atoms with Gasteiger partial charge in [0.1, 0.15) is 5.82 Å². The van der Waals surface area contributed by atoms with E-state index in [0.717, 1.165) is 0 Å². The van der Waals surface area contributed by atoms with E-state index in [1.54, 1.807) is 0 Å². The van der Waals surface area contributed by atoms with Crippen molar-refractivity contribution in [3.8, 4) is 0 Å². The van der Waals surface area contributed by atoms with Crippen LogP contribution in [0.1, 0.15) is 37.6 Å². The number of aromatic amines is 1. The Labute approximate surface area is 151 Å². The number of benzene rings is 1. The summed E-state index contributed by atoms with van der Waals surface area (Å²) >= 11 is 0. The number of aromatic nitrogens is 1. The standard InChI is InChI=1S/C19H24FN3O3/c1-19(2,3)17(21)18(26)23-9-11(24)7-15(23)16(25)13-8-22-14-6-10(20)4-5-12(13)14/h4-6,8,11,15,17,22,24H,7,9,21H2,1-3H3/t11-,15-,17+/m0/s1. The van der Waals surface area contributed by atoms with Crippen molar-refractivity contribution < 1.29 is 19.1 Å². The summed E-state index contributed by atoms with van der Waals surface area (Å²) in [6.45, 7) is 5.64. The summed E-state index contributed by atoms with van der Waals surface area (Å²) in [6.07, 6.45) is 0.904. The second-order valence-corrected chi connectivity index (χ2v) is 8.00. The van der Waals surface area contributed by atoms with Gasteiger partial charge in [-0.3, -0.25) is 9.59 Å². The lowest BCUT2D eigenvalue weighted by Crippen LogP contribution is -2.53. The summed E-state index contributed by atoms with van der Waals surface area (Å²) in [6, 6.07) is 2.57. The zero-order valence-corrected chi connectivity index (χ0v) is 15.1. The molecule has 1 aliphatic heterocycles. The van der Waals surface area contributed by atoms with Crippen molar-refractivity contribution >= 4 is 22.6 Å². The van der Waals surface area contributed by atoms with Gasteiger partial charge in [0.15, 0.2) is 5.78 Å². The summed E-state index contributed by atoms with van der Waals surface area (Å²) in [5.74, 6) is -1.03. The number of H-pyrrole nitrogens is 1. The molecule has 0 spiro atoms. The Morgan fingerprint density at radius 3 is 2.73 bits per heavy atom. The quantitative estimate of drug-likeness (QED) is 0.726. The molecule has 0 saturated carbocycles. The number of fused-ring (bicyclic) bond motifs is 1. The molecule has 7 heteroatoms. The fraction of sp³-hybridized carbons (Fsp3) is 0.474. The van der Waals surface area contributed by atoms with Crippen molar-refractivity contribution in [1.82, 2.24) is 9.88 Å². The SMILES string of the molecule is CC(C)(C)[C@H](N)C(=O)N1C[C@@H](O)C[C@H]1C(=O)c1c[nH]c2cc(F)ccc12. The smallest absolute Gasteiger partial charge is 0.240 e. The first-order chi connectivity index (χ1) is 12.1. The molecule has 0 bridgehead atoms. The molecule has 3 atom stereocenters. The highest BCUT2D eigenvalue weighted by molar-refractivity contribution is 6.11. The maximum absolute atomic E-state index is 13.4. The van der Waals surface area contributed by atoms with Crippen LogP contribution in [0.2, 0.25) is 0 Å². The average molecular weight is 361 g/mol. The summed E-state index contributed by atoms with van der Waals surface area (Å²) in [7, 11) is 0. The predicted molar refractivity (Wildman–Crippen MR) is 96.1 cm³/mol. The van der Waals surface area contributed by atoms with Gasteiger partial charge in [-0.05, 0) is 23.6 Å². The van der Waals surface area contributed by atoms with Crippen LogP contribution in [0.3, 0.4) is 0 Å². The predicted octanol–water partition coefficient (Wildman–Crippen LogP) is 1.82. The van der Waals surface area contributed by atoms with Crippen molar-refractivity contribution in [2.45, 2.75) is 45.4 Å². The van der Waals surface area contributed by atoms with E-state index in [0.29, 0.717) is 16.5 Å². The minimum absolute atomic E-state index is 0.0794. The van der Waals surface area contributed by atoms with E-state index in [1.165, 1.54) is 29.3 Å². The van der Waals surface area contributed by atoms with E-state index >= 15 is 0 Å². The zero-order chi connectivity index (χ0) is 19.2. The molecule has 1 aromatic heterocycles. The number of hydrogen-bond donors (Lipinski definition) is 3. The molecule has 4 N–H and O–H groups in total. The third-order valence-electron chi connectivity index (χ3n) is 4.97. The number of Topliss-reactive ketones (excluding diaryl/α,β-unsaturated/α-hetero) is 1. The fourth-order valence-electron chi connectivity index (χ4n) is 3.34. The van der Waals surface area contributed by atoms with Crippen molar-refractivity contribution in [2.24, 2.45) is 11.1 Å². The molecule has 1 amide bonds. The second kappa shape index (κ2) is 6.48. The summed E-state index contributed by atoms with van der Waals surface area (Å²) in [5, 5.41) is 10.6. The number of rotatable bonds is 3. The van der Waals surface area contributed by atoms with Crippen LogP contribution in [0.15, 0.2) is 24.4 Å². The van der Waals surface area contributed by atoms with Gasteiger partial charge in [-0.2, -0.15) is 0 Å². The zero-order valence-electron chi connectivity index (χ0n) is 15.1. The first kappa shape index (κ1) is 18.5. The molecule has 1 aromatic carbocycles. The molecule has 0 unspecified atom stereocenters. The Morgan fingerprint density at radius 2 is 2.08 bits per heavy atom. The first-order valence-electron chi connectivity index (χ1n) is 8.64. The van der Waals surface area contributed by atoms with Crippen LogP contribution in [0.25, 0.3) is 10.9 Å². The highest BCUT2D eigenvalue weighted by atomic mass is 19.1. The molecule has 26 heavy (non-hydrogen) atoms. The van der Waals surface area contributed by atoms with Gasteiger partial charge in [0.05, 0.1) is 18.2 Å². The van der Waals surface area contributed by atoms with Crippen LogP contribution in [0.4, 0.5) is 4.39 Å². The lowest BCUT2D eigenvalue weighted by Gasteiger charge is -2.32. The highest BCUT2D eigenvalue weighted by Crippen LogP contribution is 2.29. The molecule has 0 aliphatic carbocycles. The van der Waals surface area contributed by atoms with Crippen LogP contribution in [0, 0.1) is 11.2 Å². The third kappa shape index (κ3) is 3.24. The number of nitrogens with two attached hydrogens (primary N) is 1. The Kier molecular flexibility index (Phi) is 4.62. The van der Waals surface area contributed by atoms with E-state index in [1.807, 2.05) is 20.8 Å². The molecule has 1 fully saturated rings. The molecular weight excluding hydrogens is 337 g/mol. The van der Waals surface area contributed by atoms with E-state index < -0.39 is 29.4 Å². The fourth-order valence-corrected chi connectivity index (χ4v) is 3.34. The van der Waals surface area contributed by atoms with Gasteiger partial charge in [-0.25, -0.2) is 4.39 Å². The van der Waals surface area contributed by atoms with Crippen LogP contribution < -0.4 is 5.73 Å². The van der Waals surface area contributed by atoms with Crippen molar-refractivity contribution in [2.75, 3.05) is 6.54 Å². The average Bonchev–Trinajstić information content (AvgIpc) is 3.15. The molecule has 0 radical (unpaired) electrons. The molecule has 1 saturated heterocycles. The lowest BCUT2D eigenvalue weighted by atomic mass is 9.86. The van der Waals surface area contributed by atoms with Gasteiger partial charge in [-0.15, -0.1) is 0 Å². The number of β-amino-alcohol motifs (C(OH)–C–C–N with tert-alkyl or cyclic N) is 1.